The number of benzene rings is 1. The van der Waals surface area contributed by atoms with Crippen LogP contribution in [-0.4, -0.2) is 27.3 Å². The van der Waals surface area contributed by atoms with Gasteiger partial charge in [-0.2, -0.15) is 0 Å². The smallest absolute Gasteiger partial charge is 0.232 e. The normalized spacial score (nSPS) is 11.5. The van der Waals surface area contributed by atoms with Crippen molar-refractivity contribution < 1.29 is 12.8 Å². The second-order valence-electron chi connectivity index (χ2n) is 3.75. The molecule has 0 atom stereocenters. The molecule has 0 radical (unpaired) electrons. The maximum absolute atomic E-state index is 12.9. The average Bonchev–Trinajstić information content (AvgIpc) is 2.28. The van der Waals surface area contributed by atoms with E-state index in [1.807, 2.05) is 6.92 Å². The van der Waals surface area contributed by atoms with Gasteiger partial charge in [0, 0.05) is 4.47 Å². The largest absolute Gasteiger partial charge is 0.317 e. The molecule has 4 nitrogen and oxygen atoms in total. The lowest BCUT2D eigenvalue weighted by Crippen LogP contribution is -2.22. The molecule has 102 valence electrons. The molecule has 0 aliphatic heterocycles. The highest BCUT2D eigenvalue weighted by Crippen LogP contribution is 2.24. The van der Waals surface area contributed by atoms with Crippen molar-refractivity contribution >= 4 is 31.6 Å². The van der Waals surface area contributed by atoms with E-state index in [1.54, 1.807) is 0 Å². The average molecular weight is 339 g/mol. The van der Waals surface area contributed by atoms with Crippen molar-refractivity contribution in [1.29, 1.82) is 0 Å². The Bertz CT molecular complexity index is 494. The molecule has 0 unspecified atom stereocenters. The summed E-state index contributed by atoms with van der Waals surface area (Å²) in [4.78, 5) is 0. The molecule has 0 saturated carbocycles. The van der Waals surface area contributed by atoms with Crippen LogP contribution < -0.4 is 10.0 Å². The number of nitrogens with one attached hydrogen (secondary N) is 2. The number of anilines is 1. The minimum atomic E-state index is -3.39. The van der Waals surface area contributed by atoms with Gasteiger partial charge in [0.25, 0.3) is 0 Å². The molecule has 0 heterocycles. The van der Waals surface area contributed by atoms with E-state index in [0.29, 0.717) is 23.1 Å². The van der Waals surface area contributed by atoms with Gasteiger partial charge in [0.05, 0.1) is 11.4 Å². The molecule has 7 heteroatoms. The number of halogens is 2. The lowest BCUT2D eigenvalue weighted by atomic mass is 10.3. The molecule has 0 aliphatic rings. The van der Waals surface area contributed by atoms with Crippen LogP contribution >= 0.6 is 15.9 Å². The highest BCUT2D eigenvalue weighted by atomic mass is 79.9. The molecule has 0 fully saturated rings. The first-order valence-electron chi connectivity index (χ1n) is 5.61. The Morgan fingerprint density at radius 1 is 1.39 bits per heavy atom. The van der Waals surface area contributed by atoms with Gasteiger partial charge in [-0.25, -0.2) is 12.8 Å². The topological polar surface area (TPSA) is 58.2 Å². The van der Waals surface area contributed by atoms with E-state index in [2.05, 4.69) is 26.0 Å². The quantitative estimate of drug-likeness (QED) is 0.750. The molecule has 2 N–H and O–H groups in total. The van der Waals surface area contributed by atoms with E-state index in [-0.39, 0.29) is 5.75 Å². The van der Waals surface area contributed by atoms with Crippen molar-refractivity contribution in [2.45, 2.75) is 13.3 Å². The van der Waals surface area contributed by atoms with E-state index >= 15 is 0 Å². The van der Waals surface area contributed by atoms with Crippen molar-refractivity contribution in [2.24, 2.45) is 0 Å². The van der Waals surface area contributed by atoms with Crippen LogP contribution in [0, 0.1) is 5.82 Å². The van der Waals surface area contributed by atoms with Crippen LogP contribution in [0.1, 0.15) is 13.3 Å². The van der Waals surface area contributed by atoms with Crippen LogP contribution in [0.15, 0.2) is 22.7 Å². The molecule has 0 amide bonds. The van der Waals surface area contributed by atoms with Crippen LogP contribution in [0.4, 0.5) is 10.1 Å². The molecule has 0 saturated heterocycles. The highest BCUT2D eigenvalue weighted by molar-refractivity contribution is 9.10. The third-order valence-electron chi connectivity index (χ3n) is 2.21. The fourth-order valence-electron chi connectivity index (χ4n) is 1.35. The van der Waals surface area contributed by atoms with E-state index < -0.39 is 15.8 Å². The molecule has 1 aromatic carbocycles. The predicted octanol–water partition coefficient (Wildman–Crippen LogP) is 2.33. The van der Waals surface area contributed by atoms with E-state index in [9.17, 15) is 12.8 Å². The van der Waals surface area contributed by atoms with Crippen LogP contribution in [0.25, 0.3) is 0 Å². The fourth-order valence-corrected chi connectivity index (χ4v) is 3.08. The Balaban J connectivity index is 2.59. The van der Waals surface area contributed by atoms with Gasteiger partial charge in [-0.3, -0.25) is 4.72 Å². The Hall–Kier alpha value is -0.660. The number of hydrogen-bond donors (Lipinski definition) is 2. The van der Waals surface area contributed by atoms with Gasteiger partial charge in [0.1, 0.15) is 5.82 Å². The second-order valence-corrected chi connectivity index (χ2v) is 6.45. The van der Waals surface area contributed by atoms with Crippen molar-refractivity contribution in [2.75, 3.05) is 23.6 Å². The third kappa shape index (κ3) is 5.32. The summed E-state index contributed by atoms with van der Waals surface area (Å²) in [7, 11) is -3.39. The van der Waals surface area contributed by atoms with Crippen molar-refractivity contribution in [3.8, 4) is 0 Å². The van der Waals surface area contributed by atoms with Crippen LogP contribution in [0.5, 0.6) is 0 Å². The van der Waals surface area contributed by atoms with E-state index in [4.69, 9.17) is 0 Å². The molecule has 0 aromatic heterocycles. The maximum atomic E-state index is 12.9. The molecular weight excluding hydrogens is 323 g/mol. The maximum Gasteiger partial charge on any atom is 0.232 e. The van der Waals surface area contributed by atoms with Gasteiger partial charge in [-0.05, 0) is 53.6 Å². The molecule has 18 heavy (non-hydrogen) atoms. The summed E-state index contributed by atoms with van der Waals surface area (Å²) in [6, 6.07) is 3.82. The summed E-state index contributed by atoms with van der Waals surface area (Å²) < 4.78 is 39.2. The van der Waals surface area contributed by atoms with Gasteiger partial charge in [-0.15, -0.1) is 0 Å². The molecule has 0 spiro atoms. The summed E-state index contributed by atoms with van der Waals surface area (Å²) in [6.45, 7) is 3.43. The van der Waals surface area contributed by atoms with Crippen LogP contribution in [0.3, 0.4) is 0 Å². The van der Waals surface area contributed by atoms with E-state index in [1.165, 1.54) is 18.2 Å². The standard InChI is InChI=1S/C11H16BrFN2O2S/c1-2-14-6-3-7-18(16,17)15-11-5-4-9(13)8-10(11)12/h4-5,8,14-15H,2-3,6-7H2,1H3. The zero-order valence-corrected chi connectivity index (χ0v) is 12.4. The Morgan fingerprint density at radius 2 is 2.11 bits per heavy atom. The third-order valence-corrected chi connectivity index (χ3v) is 4.23. The van der Waals surface area contributed by atoms with Crippen molar-refractivity contribution in [1.82, 2.24) is 5.32 Å². The molecule has 1 aromatic rings. The number of hydrogen-bond acceptors (Lipinski definition) is 3. The van der Waals surface area contributed by atoms with Crippen LogP contribution in [-0.2, 0) is 10.0 Å². The first kappa shape index (κ1) is 15.4. The van der Waals surface area contributed by atoms with E-state index in [0.717, 1.165) is 6.54 Å². The Kier molecular flexibility index (Phi) is 6.04. The monoisotopic (exact) mass is 338 g/mol. The van der Waals surface area contributed by atoms with Crippen LogP contribution in [0.2, 0.25) is 0 Å². The first-order chi connectivity index (χ1) is 8.44. The summed E-state index contributed by atoms with van der Waals surface area (Å²) >= 11 is 3.11. The van der Waals surface area contributed by atoms with Crippen molar-refractivity contribution in [3.05, 3.63) is 28.5 Å². The van der Waals surface area contributed by atoms with Gasteiger partial charge < -0.3 is 5.32 Å². The lowest BCUT2D eigenvalue weighted by Gasteiger charge is -2.09. The zero-order chi connectivity index (χ0) is 13.6. The number of sulfonamides is 1. The Labute approximate surface area is 115 Å². The minimum absolute atomic E-state index is 0.0316. The summed E-state index contributed by atoms with van der Waals surface area (Å²) in [5.41, 5.74) is 0.347. The lowest BCUT2D eigenvalue weighted by molar-refractivity contribution is 0.595. The number of rotatable bonds is 7. The van der Waals surface area contributed by atoms with Gasteiger partial charge >= 0.3 is 0 Å². The second kappa shape index (κ2) is 7.06. The summed E-state index contributed by atoms with van der Waals surface area (Å²) in [6.07, 6.45) is 0.530. The van der Waals surface area contributed by atoms with Crippen molar-refractivity contribution in [3.63, 3.8) is 0 Å². The summed E-state index contributed by atoms with van der Waals surface area (Å²) in [5.74, 6) is -0.388. The molecule has 0 bridgehead atoms. The zero-order valence-electron chi connectivity index (χ0n) is 10.0. The molecular formula is C11H16BrFN2O2S. The SMILES string of the molecule is CCNCCCS(=O)(=O)Nc1ccc(F)cc1Br. The van der Waals surface area contributed by atoms with Gasteiger partial charge in [0.2, 0.25) is 10.0 Å². The van der Waals surface area contributed by atoms with Gasteiger partial charge in [-0.1, -0.05) is 6.92 Å². The fraction of sp³-hybridized carbons (Fsp3) is 0.455. The summed E-state index contributed by atoms with van der Waals surface area (Å²) in [5, 5.41) is 3.05. The first-order valence-corrected chi connectivity index (χ1v) is 8.05. The predicted molar refractivity (Wildman–Crippen MR) is 74.7 cm³/mol. The highest BCUT2D eigenvalue weighted by Gasteiger charge is 2.12. The molecule has 0 aliphatic carbocycles. The minimum Gasteiger partial charge on any atom is -0.317 e. The molecule has 1 rings (SSSR count). The van der Waals surface area contributed by atoms with Gasteiger partial charge in [0.15, 0.2) is 0 Å². The Morgan fingerprint density at radius 3 is 2.72 bits per heavy atom.